The predicted molar refractivity (Wildman–Crippen MR) is 125 cm³/mol. The zero-order chi connectivity index (χ0) is 23.2. The van der Waals surface area contributed by atoms with Crippen molar-refractivity contribution in [3.63, 3.8) is 0 Å². The zero-order valence-corrected chi connectivity index (χ0v) is 17.6. The van der Waals surface area contributed by atoms with Crippen LogP contribution < -0.4 is 4.74 Å². The molecule has 3 aromatic carbocycles. The van der Waals surface area contributed by atoms with Crippen molar-refractivity contribution in [2.24, 2.45) is 0 Å². The number of hydrogen-bond acceptors (Lipinski definition) is 5. The number of nitrogens with zero attached hydrogens (tertiary/aromatic N) is 2. The van der Waals surface area contributed by atoms with E-state index in [1.807, 2.05) is 60.7 Å². The van der Waals surface area contributed by atoms with Crippen molar-refractivity contribution >= 4 is 29.7 Å². The van der Waals surface area contributed by atoms with E-state index in [1.165, 1.54) is 29.2 Å². The molecule has 0 saturated carbocycles. The quantitative estimate of drug-likeness (QED) is 0.318. The highest BCUT2D eigenvalue weighted by molar-refractivity contribution is 6.15. The molecule has 1 amide bonds. The Kier molecular flexibility index (Phi) is 6.40. The van der Waals surface area contributed by atoms with Crippen molar-refractivity contribution in [2.45, 2.75) is 0 Å². The molecule has 1 heterocycles. The van der Waals surface area contributed by atoms with E-state index in [-0.39, 0.29) is 30.3 Å². The zero-order valence-electron chi connectivity index (χ0n) is 17.6. The van der Waals surface area contributed by atoms with Crippen LogP contribution in [0.5, 0.6) is 5.75 Å². The first-order valence-corrected chi connectivity index (χ1v) is 10.3. The van der Waals surface area contributed by atoms with Crippen LogP contribution in [0.15, 0.2) is 96.1 Å². The minimum absolute atomic E-state index is 0.0890. The Morgan fingerprint density at radius 2 is 1.30 bits per heavy atom. The topological polar surface area (TPSA) is 89.8 Å². The highest BCUT2D eigenvalue weighted by Crippen LogP contribution is 2.24. The van der Waals surface area contributed by atoms with Gasteiger partial charge in [0.25, 0.3) is 5.69 Å². The number of carbonyl (C=O) groups excluding carboxylic acids is 2. The second kappa shape index (κ2) is 9.74. The van der Waals surface area contributed by atoms with Crippen molar-refractivity contribution in [3.05, 3.63) is 117 Å². The van der Waals surface area contributed by atoms with Crippen LogP contribution in [-0.4, -0.2) is 34.8 Å². The lowest BCUT2D eigenvalue weighted by molar-refractivity contribution is -0.384. The Hall–Kier alpha value is -4.52. The van der Waals surface area contributed by atoms with Gasteiger partial charge in [0.2, 0.25) is 0 Å². The molecule has 1 aliphatic rings. The van der Waals surface area contributed by atoms with Gasteiger partial charge < -0.3 is 4.74 Å². The van der Waals surface area contributed by atoms with Gasteiger partial charge >= 0.3 is 6.09 Å². The van der Waals surface area contributed by atoms with Crippen LogP contribution >= 0.6 is 0 Å². The number of benzene rings is 3. The largest absolute Gasteiger partial charge is 0.415 e. The number of nitro groups is 1. The number of hydrogen-bond donors (Lipinski definition) is 0. The Labute approximate surface area is 190 Å². The molecule has 0 unspecified atom stereocenters. The number of piperidine rings is 1. The number of non-ortho nitro benzene ring substituents is 1. The van der Waals surface area contributed by atoms with Crippen molar-refractivity contribution in [1.29, 1.82) is 0 Å². The maximum Gasteiger partial charge on any atom is 0.415 e. The van der Waals surface area contributed by atoms with Crippen LogP contribution in [0, 0.1) is 10.1 Å². The van der Waals surface area contributed by atoms with Gasteiger partial charge in [-0.1, -0.05) is 60.7 Å². The summed E-state index contributed by atoms with van der Waals surface area (Å²) in [6.07, 6.45) is 2.90. The Balaban J connectivity index is 1.61. The van der Waals surface area contributed by atoms with E-state index >= 15 is 0 Å². The fourth-order valence-electron chi connectivity index (χ4n) is 3.47. The van der Waals surface area contributed by atoms with Crippen LogP contribution in [0.4, 0.5) is 10.5 Å². The van der Waals surface area contributed by atoms with Gasteiger partial charge in [-0.25, -0.2) is 4.79 Å². The van der Waals surface area contributed by atoms with Gasteiger partial charge in [0.1, 0.15) is 5.75 Å². The Morgan fingerprint density at radius 1 is 0.818 bits per heavy atom. The number of rotatable bonds is 4. The molecule has 33 heavy (non-hydrogen) atoms. The Morgan fingerprint density at radius 3 is 1.76 bits per heavy atom. The number of likely N-dealkylation sites (tertiary alicyclic amines) is 1. The van der Waals surface area contributed by atoms with Gasteiger partial charge in [0.05, 0.1) is 18.0 Å². The second-order valence-electron chi connectivity index (χ2n) is 7.46. The molecule has 0 atom stereocenters. The molecular weight excluding hydrogens is 420 g/mol. The van der Waals surface area contributed by atoms with Gasteiger partial charge in [-0.05, 0) is 35.4 Å². The van der Waals surface area contributed by atoms with E-state index in [9.17, 15) is 19.7 Å². The van der Waals surface area contributed by atoms with Crippen LogP contribution in [0.25, 0.3) is 12.2 Å². The third kappa shape index (κ3) is 5.40. The molecule has 164 valence electrons. The monoisotopic (exact) mass is 440 g/mol. The molecule has 1 fully saturated rings. The van der Waals surface area contributed by atoms with E-state index in [0.29, 0.717) is 11.1 Å². The Bertz CT molecular complexity index is 1170. The molecule has 0 aromatic heterocycles. The van der Waals surface area contributed by atoms with Gasteiger partial charge in [-0.15, -0.1) is 0 Å². The lowest BCUT2D eigenvalue weighted by atomic mass is 9.94. The highest BCUT2D eigenvalue weighted by Gasteiger charge is 2.30. The van der Waals surface area contributed by atoms with Crippen LogP contribution in [0.3, 0.4) is 0 Å². The number of carbonyl (C=O) groups is 2. The standard InChI is InChI=1S/C26H20N2O5/c29-25-21(15-19-7-3-1-4-8-19)17-27(18-22(25)16-20-9-5-2-6-10-20)26(30)33-24-13-11-23(12-14-24)28(31)32/h1-16H,17-18H2/b21-15+,22-16+. The molecule has 0 radical (unpaired) electrons. The van der Waals surface area contributed by atoms with Crippen molar-refractivity contribution in [3.8, 4) is 5.75 Å². The maximum absolute atomic E-state index is 13.2. The first-order valence-electron chi connectivity index (χ1n) is 10.3. The predicted octanol–water partition coefficient (Wildman–Crippen LogP) is 5.15. The van der Waals surface area contributed by atoms with Crippen molar-refractivity contribution < 1.29 is 19.2 Å². The molecule has 4 rings (SSSR count). The lowest BCUT2D eigenvalue weighted by Crippen LogP contribution is -2.43. The SMILES string of the molecule is O=C1/C(=C/c2ccccc2)CN(C(=O)Oc2ccc([N+](=O)[O-])cc2)C/C1=C\c1ccccc1. The van der Waals surface area contributed by atoms with Crippen LogP contribution in [0.1, 0.15) is 11.1 Å². The van der Waals surface area contributed by atoms with E-state index in [1.54, 1.807) is 12.2 Å². The second-order valence-corrected chi connectivity index (χ2v) is 7.46. The molecule has 7 nitrogen and oxygen atoms in total. The smallest absolute Gasteiger partial charge is 0.410 e. The number of ketones is 1. The molecule has 0 bridgehead atoms. The minimum atomic E-state index is -0.644. The summed E-state index contributed by atoms with van der Waals surface area (Å²) >= 11 is 0. The molecule has 0 spiro atoms. The van der Waals surface area contributed by atoms with Crippen LogP contribution in [-0.2, 0) is 4.79 Å². The lowest BCUT2D eigenvalue weighted by Gasteiger charge is -2.29. The third-order valence-corrected chi connectivity index (χ3v) is 5.10. The van der Waals surface area contributed by atoms with Gasteiger partial charge in [0, 0.05) is 23.3 Å². The normalized spacial score (nSPS) is 16.1. The van der Waals surface area contributed by atoms with Crippen molar-refractivity contribution in [1.82, 2.24) is 4.90 Å². The fourth-order valence-corrected chi connectivity index (χ4v) is 3.47. The average Bonchev–Trinajstić information content (AvgIpc) is 2.83. The van der Waals surface area contributed by atoms with E-state index < -0.39 is 11.0 Å². The van der Waals surface area contributed by atoms with E-state index in [2.05, 4.69) is 0 Å². The van der Waals surface area contributed by atoms with Gasteiger partial charge in [-0.2, -0.15) is 0 Å². The first-order chi connectivity index (χ1) is 16.0. The molecule has 0 N–H and O–H groups in total. The summed E-state index contributed by atoms with van der Waals surface area (Å²) in [5.74, 6) is 0.0618. The fraction of sp³-hybridized carbons (Fsp3) is 0.0769. The average molecular weight is 440 g/mol. The summed E-state index contributed by atoms with van der Waals surface area (Å²) in [5.41, 5.74) is 2.54. The third-order valence-electron chi connectivity index (χ3n) is 5.10. The number of Topliss-reactive ketones (excluding diaryl/α,β-unsaturated/α-hetero) is 1. The van der Waals surface area contributed by atoms with Gasteiger partial charge in [-0.3, -0.25) is 19.8 Å². The molecule has 1 saturated heterocycles. The van der Waals surface area contributed by atoms with Crippen LogP contribution in [0.2, 0.25) is 0 Å². The highest BCUT2D eigenvalue weighted by atomic mass is 16.6. The number of amides is 1. The maximum atomic E-state index is 13.2. The summed E-state index contributed by atoms with van der Waals surface area (Å²) in [6.45, 7) is 0.178. The molecule has 1 aliphatic heterocycles. The first kappa shape index (κ1) is 21.7. The van der Waals surface area contributed by atoms with Gasteiger partial charge in [0.15, 0.2) is 5.78 Å². The van der Waals surface area contributed by atoms with Crippen molar-refractivity contribution in [2.75, 3.05) is 13.1 Å². The summed E-state index contributed by atoms with van der Waals surface area (Å²) < 4.78 is 5.42. The van der Waals surface area contributed by atoms with E-state index in [4.69, 9.17) is 4.74 Å². The van der Waals surface area contributed by atoms with E-state index in [0.717, 1.165) is 11.1 Å². The molecular formula is C26H20N2O5. The number of nitro benzene ring substituents is 1. The minimum Gasteiger partial charge on any atom is -0.410 e. The number of ether oxygens (including phenoxy) is 1. The summed E-state index contributed by atoms with van der Waals surface area (Å²) in [5, 5.41) is 10.8. The molecule has 7 heteroatoms. The molecule has 3 aromatic rings. The molecule has 0 aliphatic carbocycles. The summed E-state index contributed by atoms with van der Waals surface area (Å²) in [4.78, 5) is 37.8. The summed E-state index contributed by atoms with van der Waals surface area (Å²) in [7, 11) is 0. The summed E-state index contributed by atoms with van der Waals surface area (Å²) in [6, 6.07) is 24.1.